The van der Waals surface area contributed by atoms with Gasteiger partial charge in [-0.1, -0.05) is 84.9 Å². The Hall–Kier alpha value is -4.08. The minimum absolute atomic E-state index is 0.261. The Labute approximate surface area is 196 Å². The Bertz CT molecular complexity index is 1600. The van der Waals surface area contributed by atoms with Crippen LogP contribution in [0.15, 0.2) is 115 Å². The molecular weight excluding hydrogens is 422 g/mol. The lowest BCUT2D eigenvalue weighted by Crippen LogP contribution is -1.94. The highest BCUT2D eigenvalue weighted by atomic mass is 32.1. The fourth-order valence-electron chi connectivity index (χ4n) is 4.45. The summed E-state index contributed by atoms with van der Waals surface area (Å²) in [5, 5.41) is 16.7. The van der Waals surface area contributed by atoms with Crippen molar-refractivity contribution in [3.05, 3.63) is 115 Å². The van der Waals surface area contributed by atoms with Gasteiger partial charge < -0.3 is 10.4 Å². The van der Waals surface area contributed by atoms with E-state index in [0.29, 0.717) is 0 Å². The van der Waals surface area contributed by atoms with E-state index in [1.54, 1.807) is 6.07 Å². The number of fused-ring (bicyclic) bond motifs is 3. The molecule has 0 saturated carbocycles. The van der Waals surface area contributed by atoms with E-state index in [-0.39, 0.29) is 5.75 Å². The molecule has 1 heterocycles. The van der Waals surface area contributed by atoms with Gasteiger partial charge in [-0.05, 0) is 47.0 Å². The first-order valence-corrected chi connectivity index (χ1v) is 11.7. The Kier molecular flexibility index (Phi) is 4.82. The molecule has 6 rings (SSSR count). The van der Waals surface area contributed by atoms with Gasteiger partial charge >= 0.3 is 0 Å². The molecule has 33 heavy (non-hydrogen) atoms. The van der Waals surface area contributed by atoms with Gasteiger partial charge in [-0.2, -0.15) is 0 Å². The molecule has 5 aromatic carbocycles. The minimum Gasteiger partial charge on any atom is -0.507 e. The molecule has 0 atom stereocenters. The summed E-state index contributed by atoms with van der Waals surface area (Å²) in [6, 6.07) is 39.2. The Morgan fingerprint density at radius 1 is 0.606 bits per heavy atom. The van der Waals surface area contributed by atoms with Gasteiger partial charge in [0, 0.05) is 31.4 Å². The number of hydrogen-bond acceptors (Lipinski definition) is 3. The first kappa shape index (κ1) is 19.6. The minimum atomic E-state index is 0.261. The SMILES string of the molecule is Oc1cccc(Nc2cccc(-c3cccc4c3sc3ccccc34)c2)c1-c1ccccc1. The van der Waals surface area contributed by atoms with Gasteiger partial charge in [0.1, 0.15) is 5.75 Å². The zero-order chi connectivity index (χ0) is 22.2. The summed E-state index contributed by atoms with van der Waals surface area (Å²) in [7, 11) is 0. The van der Waals surface area contributed by atoms with Gasteiger partial charge in [-0.25, -0.2) is 0 Å². The van der Waals surface area contributed by atoms with Gasteiger partial charge in [0.25, 0.3) is 0 Å². The molecule has 0 amide bonds. The van der Waals surface area contributed by atoms with E-state index in [1.807, 2.05) is 53.8 Å². The molecule has 158 valence electrons. The number of nitrogens with one attached hydrogen (secondary N) is 1. The maximum atomic E-state index is 10.6. The van der Waals surface area contributed by atoms with Gasteiger partial charge in [0.2, 0.25) is 0 Å². The van der Waals surface area contributed by atoms with Crippen molar-refractivity contribution in [2.45, 2.75) is 0 Å². The van der Waals surface area contributed by atoms with E-state index in [0.717, 1.165) is 22.5 Å². The van der Waals surface area contributed by atoms with Crippen LogP contribution in [0, 0.1) is 0 Å². The summed E-state index contributed by atoms with van der Waals surface area (Å²) in [5.74, 6) is 0.261. The molecule has 0 aliphatic carbocycles. The molecule has 0 bridgehead atoms. The quantitative estimate of drug-likeness (QED) is 0.285. The van der Waals surface area contributed by atoms with Crippen molar-refractivity contribution in [2.75, 3.05) is 5.32 Å². The molecule has 0 fully saturated rings. The van der Waals surface area contributed by atoms with Crippen molar-refractivity contribution < 1.29 is 5.11 Å². The van der Waals surface area contributed by atoms with E-state index < -0.39 is 0 Å². The van der Waals surface area contributed by atoms with Crippen molar-refractivity contribution >= 4 is 42.9 Å². The number of phenols is 1. The Balaban J connectivity index is 1.43. The smallest absolute Gasteiger partial charge is 0.125 e. The van der Waals surface area contributed by atoms with Crippen LogP contribution in [0.5, 0.6) is 5.75 Å². The Morgan fingerprint density at radius 2 is 1.33 bits per heavy atom. The number of phenolic OH excluding ortho intramolecular Hbond substituents is 1. The molecule has 6 aromatic rings. The predicted octanol–water partition coefficient (Wildman–Crippen LogP) is 8.84. The van der Waals surface area contributed by atoms with Crippen molar-refractivity contribution in [2.24, 2.45) is 0 Å². The number of benzene rings is 5. The third-order valence-electron chi connectivity index (χ3n) is 5.96. The van der Waals surface area contributed by atoms with Crippen LogP contribution in [0.25, 0.3) is 42.4 Å². The number of anilines is 2. The maximum absolute atomic E-state index is 10.6. The molecule has 0 radical (unpaired) electrons. The molecule has 0 spiro atoms. The van der Waals surface area contributed by atoms with Gasteiger partial charge in [-0.3, -0.25) is 0 Å². The summed E-state index contributed by atoms with van der Waals surface area (Å²) in [5.41, 5.74) is 6.03. The van der Waals surface area contributed by atoms with Crippen LogP contribution < -0.4 is 5.32 Å². The van der Waals surface area contributed by atoms with Crippen molar-refractivity contribution in [3.63, 3.8) is 0 Å². The number of rotatable bonds is 4. The summed E-state index contributed by atoms with van der Waals surface area (Å²) < 4.78 is 2.61. The average Bonchev–Trinajstić information content (AvgIpc) is 3.24. The first-order valence-electron chi connectivity index (χ1n) is 10.9. The summed E-state index contributed by atoms with van der Waals surface area (Å²) >= 11 is 1.84. The third kappa shape index (κ3) is 3.53. The monoisotopic (exact) mass is 443 g/mol. The standard InChI is InChI=1S/C30H21NOS/c32-27-17-8-16-26(29(27)20-9-2-1-3-10-20)31-22-12-6-11-21(19-22)23-14-7-15-25-24-13-4-5-18-28(24)33-30(23)25/h1-19,31-32H. The number of aromatic hydroxyl groups is 1. The van der Waals surface area contributed by atoms with Crippen LogP contribution in [-0.2, 0) is 0 Å². The molecule has 0 aliphatic rings. The highest BCUT2D eigenvalue weighted by Gasteiger charge is 2.13. The van der Waals surface area contributed by atoms with Crippen LogP contribution in [0.1, 0.15) is 0 Å². The second kappa shape index (κ2) is 8.12. The molecule has 0 aliphatic heterocycles. The largest absolute Gasteiger partial charge is 0.507 e. The molecule has 0 unspecified atom stereocenters. The maximum Gasteiger partial charge on any atom is 0.125 e. The average molecular weight is 444 g/mol. The predicted molar refractivity (Wildman–Crippen MR) is 142 cm³/mol. The van der Waals surface area contributed by atoms with Crippen LogP contribution in [-0.4, -0.2) is 5.11 Å². The molecule has 1 aromatic heterocycles. The fraction of sp³-hybridized carbons (Fsp3) is 0. The molecule has 2 nitrogen and oxygen atoms in total. The molecule has 0 saturated heterocycles. The fourth-order valence-corrected chi connectivity index (χ4v) is 5.69. The summed E-state index contributed by atoms with van der Waals surface area (Å²) in [6.45, 7) is 0. The van der Waals surface area contributed by atoms with Gasteiger partial charge in [0.15, 0.2) is 0 Å². The van der Waals surface area contributed by atoms with E-state index in [4.69, 9.17) is 0 Å². The lowest BCUT2D eigenvalue weighted by molar-refractivity contribution is 0.477. The van der Waals surface area contributed by atoms with E-state index >= 15 is 0 Å². The highest BCUT2D eigenvalue weighted by Crippen LogP contribution is 2.41. The highest BCUT2D eigenvalue weighted by molar-refractivity contribution is 7.26. The van der Waals surface area contributed by atoms with E-state index in [9.17, 15) is 5.11 Å². The van der Waals surface area contributed by atoms with Crippen molar-refractivity contribution in [1.29, 1.82) is 0 Å². The lowest BCUT2D eigenvalue weighted by atomic mass is 10.0. The third-order valence-corrected chi connectivity index (χ3v) is 7.18. The Morgan fingerprint density at radius 3 is 2.24 bits per heavy atom. The summed E-state index contributed by atoms with van der Waals surface area (Å²) in [4.78, 5) is 0. The van der Waals surface area contributed by atoms with Crippen LogP contribution >= 0.6 is 11.3 Å². The van der Waals surface area contributed by atoms with Crippen molar-refractivity contribution in [3.8, 4) is 28.0 Å². The van der Waals surface area contributed by atoms with Gasteiger partial charge in [-0.15, -0.1) is 11.3 Å². The van der Waals surface area contributed by atoms with E-state index in [1.165, 1.54) is 31.3 Å². The lowest BCUT2D eigenvalue weighted by Gasteiger charge is -2.15. The first-order chi connectivity index (χ1) is 16.3. The second-order valence-electron chi connectivity index (χ2n) is 8.05. The zero-order valence-corrected chi connectivity index (χ0v) is 18.6. The molecule has 3 heteroatoms. The number of hydrogen-bond donors (Lipinski definition) is 2. The second-order valence-corrected chi connectivity index (χ2v) is 9.10. The molecule has 2 N–H and O–H groups in total. The summed E-state index contributed by atoms with van der Waals surface area (Å²) in [6.07, 6.45) is 0. The van der Waals surface area contributed by atoms with Gasteiger partial charge in [0.05, 0.1) is 5.69 Å². The van der Waals surface area contributed by atoms with Crippen LogP contribution in [0.4, 0.5) is 11.4 Å². The normalized spacial score (nSPS) is 11.2. The van der Waals surface area contributed by atoms with E-state index in [2.05, 4.69) is 72.0 Å². The topological polar surface area (TPSA) is 32.3 Å². The number of thiophene rings is 1. The zero-order valence-electron chi connectivity index (χ0n) is 17.8. The van der Waals surface area contributed by atoms with Crippen LogP contribution in [0.2, 0.25) is 0 Å². The van der Waals surface area contributed by atoms with Crippen molar-refractivity contribution in [1.82, 2.24) is 0 Å². The van der Waals surface area contributed by atoms with Crippen LogP contribution in [0.3, 0.4) is 0 Å². The molecular formula is C30H21NOS.